The zero-order chi connectivity index (χ0) is 22.7. The van der Waals surface area contributed by atoms with Crippen LogP contribution in [0.2, 0.25) is 0 Å². The fourth-order valence-electron chi connectivity index (χ4n) is 3.82. The van der Waals surface area contributed by atoms with Crippen molar-refractivity contribution in [3.63, 3.8) is 0 Å². The third-order valence-electron chi connectivity index (χ3n) is 5.42. The lowest BCUT2D eigenvalue weighted by molar-refractivity contribution is 0.340. The van der Waals surface area contributed by atoms with Gasteiger partial charge >= 0.3 is 0 Å². The Bertz CT molecular complexity index is 1140. The van der Waals surface area contributed by atoms with E-state index in [9.17, 15) is 0 Å². The lowest BCUT2D eigenvalue weighted by Crippen LogP contribution is -2.45. The first-order valence-electron chi connectivity index (χ1n) is 10.6. The molecule has 1 aromatic heterocycles. The molecule has 1 unspecified atom stereocenters. The number of thiocarbonyl (C=S) groups is 1. The number of rotatable bonds is 7. The molecule has 1 aliphatic rings. The number of aromatic nitrogens is 2. The third-order valence-corrected chi connectivity index (χ3v) is 5.76. The molecule has 1 atom stereocenters. The Hall–Kier alpha value is -3.39. The van der Waals surface area contributed by atoms with E-state index < -0.39 is 0 Å². The number of hydrogen-bond acceptors (Lipinski definition) is 6. The quantitative estimate of drug-likeness (QED) is 0.514. The van der Waals surface area contributed by atoms with Crippen molar-refractivity contribution in [2.75, 3.05) is 20.3 Å². The van der Waals surface area contributed by atoms with Crippen LogP contribution in [-0.4, -0.2) is 40.4 Å². The summed E-state index contributed by atoms with van der Waals surface area (Å²) in [7, 11) is 1.63. The first kappa shape index (κ1) is 21.8. The van der Waals surface area contributed by atoms with Gasteiger partial charge in [0.05, 0.1) is 25.3 Å². The van der Waals surface area contributed by atoms with Gasteiger partial charge in [0.1, 0.15) is 11.5 Å². The van der Waals surface area contributed by atoms with E-state index in [4.69, 9.17) is 31.2 Å². The van der Waals surface area contributed by atoms with E-state index in [1.54, 1.807) is 7.11 Å². The average Bonchev–Trinajstić information content (AvgIpc) is 3.29. The van der Waals surface area contributed by atoms with Crippen LogP contribution in [0.4, 0.5) is 0 Å². The summed E-state index contributed by atoms with van der Waals surface area (Å²) < 4.78 is 16.7. The molecule has 166 valence electrons. The number of nitrogens with zero attached hydrogens (tertiary/aromatic N) is 3. The van der Waals surface area contributed by atoms with E-state index in [1.165, 1.54) is 0 Å². The molecule has 0 radical (unpaired) electrons. The lowest BCUT2D eigenvalue weighted by Gasteiger charge is -2.36. The highest BCUT2D eigenvalue weighted by Crippen LogP contribution is 2.37. The number of benzene rings is 2. The third kappa shape index (κ3) is 4.18. The van der Waals surface area contributed by atoms with Gasteiger partial charge in [-0.05, 0) is 62.8 Å². The van der Waals surface area contributed by atoms with Crippen LogP contribution in [0.5, 0.6) is 11.5 Å². The molecule has 2 aromatic carbocycles. The van der Waals surface area contributed by atoms with Crippen LogP contribution in [0.25, 0.3) is 17.0 Å². The van der Waals surface area contributed by atoms with E-state index in [1.807, 2.05) is 67.3 Å². The highest BCUT2D eigenvalue weighted by Gasteiger charge is 2.33. The second kappa shape index (κ2) is 9.40. The van der Waals surface area contributed by atoms with Gasteiger partial charge in [-0.15, -0.1) is 0 Å². The summed E-state index contributed by atoms with van der Waals surface area (Å²) in [6.45, 7) is 7.41. The fourth-order valence-corrected chi connectivity index (χ4v) is 4.21. The minimum Gasteiger partial charge on any atom is -0.497 e. The Balaban J connectivity index is 1.76. The molecule has 0 amide bonds. The molecule has 0 spiro atoms. The SMILES string of the molecule is CCOc1ccc(C2NC(=S)N(CC)C(C)=C2c2nc(-c3cccc(OC)c3)no2)cc1. The van der Waals surface area contributed by atoms with Crippen molar-refractivity contribution in [3.8, 4) is 22.9 Å². The summed E-state index contributed by atoms with van der Waals surface area (Å²) in [6.07, 6.45) is 0. The van der Waals surface area contributed by atoms with Gasteiger partial charge in [0.2, 0.25) is 5.82 Å². The minimum absolute atomic E-state index is 0.223. The molecular formula is C24H26N4O3S. The second-order valence-electron chi connectivity index (χ2n) is 7.28. The Kier molecular flexibility index (Phi) is 6.41. The maximum Gasteiger partial charge on any atom is 0.258 e. The molecule has 32 heavy (non-hydrogen) atoms. The van der Waals surface area contributed by atoms with Crippen LogP contribution in [-0.2, 0) is 0 Å². The normalized spacial score (nSPS) is 16.2. The number of nitrogens with one attached hydrogen (secondary N) is 1. The van der Waals surface area contributed by atoms with Gasteiger partial charge < -0.3 is 24.2 Å². The smallest absolute Gasteiger partial charge is 0.258 e. The molecule has 2 heterocycles. The molecule has 8 heteroatoms. The summed E-state index contributed by atoms with van der Waals surface area (Å²) >= 11 is 5.64. The van der Waals surface area contributed by atoms with Crippen molar-refractivity contribution in [1.29, 1.82) is 0 Å². The highest BCUT2D eigenvalue weighted by atomic mass is 32.1. The van der Waals surface area contributed by atoms with Crippen molar-refractivity contribution in [3.05, 3.63) is 65.7 Å². The van der Waals surface area contributed by atoms with Gasteiger partial charge in [-0.2, -0.15) is 4.98 Å². The molecule has 4 rings (SSSR count). The van der Waals surface area contributed by atoms with Crippen molar-refractivity contribution < 1.29 is 14.0 Å². The molecule has 1 N–H and O–H groups in total. The van der Waals surface area contributed by atoms with E-state index in [0.717, 1.165) is 40.4 Å². The van der Waals surface area contributed by atoms with Gasteiger partial charge in [0.25, 0.3) is 5.89 Å². The minimum atomic E-state index is -0.223. The number of hydrogen-bond donors (Lipinski definition) is 1. The summed E-state index contributed by atoms with van der Waals surface area (Å²) in [6, 6.07) is 15.3. The van der Waals surface area contributed by atoms with Crippen molar-refractivity contribution in [2.24, 2.45) is 0 Å². The van der Waals surface area contributed by atoms with E-state index in [0.29, 0.717) is 23.4 Å². The molecule has 0 aliphatic carbocycles. The molecule has 1 aliphatic heterocycles. The predicted molar refractivity (Wildman–Crippen MR) is 127 cm³/mol. The molecular weight excluding hydrogens is 424 g/mol. The standard InChI is InChI=1S/C24H26N4O3S/c1-5-28-15(3)20(21(25-24(28)32)16-10-12-18(13-11-16)30-6-2)23-26-22(27-31-23)17-8-7-9-19(14-17)29-4/h7-14,21H,5-6H2,1-4H3,(H,25,32). The van der Waals surface area contributed by atoms with Crippen LogP contribution >= 0.6 is 12.2 Å². The maximum absolute atomic E-state index is 5.75. The molecule has 7 nitrogen and oxygen atoms in total. The fraction of sp³-hybridized carbons (Fsp3) is 0.292. The molecule has 0 fully saturated rings. The van der Waals surface area contributed by atoms with Crippen LogP contribution < -0.4 is 14.8 Å². The Morgan fingerprint density at radius 1 is 1.12 bits per heavy atom. The van der Waals surface area contributed by atoms with Gasteiger partial charge in [-0.3, -0.25) is 0 Å². The zero-order valence-corrected chi connectivity index (χ0v) is 19.4. The first-order chi connectivity index (χ1) is 15.5. The maximum atomic E-state index is 5.75. The summed E-state index contributed by atoms with van der Waals surface area (Å²) in [5.74, 6) is 2.51. The lowest BCUT2D eigenvalue weighted by atomic mass is 9.94. The molecule has 0 saturated carbocycles. The summed E-state index contributed by atoms with van der Waals surface area (Å²) in [4.78, 5) is 6.75. The molecule has 0 saturated heterocycles. The van der Waals surface area contributed by atoms with Gasteiger partial charge in [-0.25, -0.2) is 0 Å². The average molecular weight is 451 g/mol. The molecule has 3 aromatic rings. The van der Waals surface area contributed by atoms with Crippen molar-refractivity contribution in [2.45, 2.75) is 26.8 Å². The van der Waals surface area contributed by atoms with Crippen molar-refractivity contribution in [1.82, 2.24) is 20.4 Å². The predicted octanol–water partition coefficient (Wildman–Crippen LogP) is 4.83. The van der Waals surface area contributed by atoms with Crippen LogP contribution in [0.3, 0.4) is 0 Å². The van der Waals surface area contributed by atoms with Gasteiger partial charge in [-0.1, -0.05) is 29.4 Å². The summed E-state index contributed by atoms with van der Waals surface area (Å²) in [5.41, 5.74) is 3.73. The van der Waals surface area contributed by atoms with E-state index in [2.05, 4.69) is 17.4 Å². The number of allylic oxidation sites excluding steroid dienone is 1. The highest BCUT2D eigenvalue weighted by molar-refractivity contribution is 7.80. The monoisotopic (exact) mass is 450 g/mol. The largest absolute Gasteiger partial charge is 0.497 e. The van der Waals surface area contributed by atoms with Crippen molar-refractivity contribution >= 4 is 22.9 Å². The second-order valence-corrected chi connectivity index (χ2v) is 7.67. The summed E-state index contributed by atoms with van der Waals surface area (Å²) in [5, 5.41) is 8.34. The van der Waals surface area contributed by atoms with Gasteiger partial charge in [0.15, 0.2) is 5.11 Å². The number of ether oxygens (including phenoxy) is 2. The Morgan fingerprint density at radius 3 is 2.59 bits per heavy atom. The van der Waals surface area contributed by atoms with E-state index >= 15 is 0 Å². The van der Waals surface area contributed by atoms with Gasteiger partial charge in [0, 0.05) is 17.8 Å². The van der Waals surface area contributed by atoms with Crippen LogP contribution in [0.15, 0.2) is 58.8 Å². The Labute approximate surface area is 193 Å². The number of methoxy groups -OCH3 is 1. The van der Waals surface area contributed by atoms with E-state index in [-0.39, 0.29) is 6.04 Å². The van der Waals surface area contributed by atoms with Crippen LogP contribution in [0.1, 0.15) is 38.3 Å². The zero-order valence-electron chi connectivity index (χ0n) is 18.6. The first-order valence-corrected chi connectivity index (χ1v) is 11.0. The Morgan fingerprint density at radius 2 is 1.91 bits per heavy atom. The molecule has 0 bridgehead atoms. The topological polar surface area (TPSA) is 72.7 Å². The van der Waals surface area contributed by atoms with Crippen LogP contribution in [0, 0.1) is 0 Å².